The van der Waals surface area contributed by atoms with Crippen molar-refractivity contribution in [2.75, 3.05) is 19.4 Å². The van der Waals surface area contributed by atoms with E-state index in [4.69, 9.17) is 20.1 Å². The number of thiophene rings is 1. The Hall–Kier alpha value is -1.65. The molecule has 0 saturated heterocycles. The minimum atomic E-state index is -4.48. The summed E-state index contributed by atoms with van der Waals surface area (Å²) in [7, 11) is -8.48. The van der Waals surface area contributed by atoms with Crippen LogP contribution in [-0.2, 0) is 14.6 Å². The first kappa shape index (κ1) is 22.6. The van der Waals surface area contributed by atoms with E-state index in [0.29, 0.717) is 29.0 Å². The van der Waals surface area contributed by atoms with Crippen LogP contribution < -0.4 is 9.46 Å². The molecule has 154 valence electrons. The monoisotopic (exact) mass is 448 g/mol. The Morgan fingerprint density at radius 2 is 1.96 bits per heavy atom. The van der Waals surface area contributed by atoms with Crippen LogP contribution in [-0.4, -0.2) is 37.6 Å². The molecule has 10 nitrogen and oxygen atoms in total. The number of nitrogens with one attached hydrogen (secondary N) is 1. The van der Waals surface area contributed by atoms with Crippen molar-refractivity contribution < 1.29 is 27.5 Å². The zero-order valence-electron chi connectivity index (χ0n) is 14.9. The van der Waals surface area contributed by atoms with Gasteiger partial charge in [0.25, 0.3) is 10.0 Å². The van der Waals surface area contributed by atoms with Crippen LogP contribution in [0.5, 0.6) is 5.75 Å². The van der Waals surface area contributed by atoms with Crippen LogP contribution in [0.15, 0.2) is 33.6 Å². The Kier molecular flexibility index (Phi) is 8.26. The van der Waals surface area contributed by atoms with Crippen molar-refractivity contribution in [2.24, 2.45) is 5.11 Å². The summed E-state index contributed by atoms with van der Waals surface area (Å²) in [5.41, 5.74) is 8.18. The summed E-state index contributed by atoms with van der Waals surface area (Å²) in [4.78, 5) is 20.4. The van der Waals surface area contributed by atoms with Crippen molar-refractivity contribution in [1.29, 1.82) is 0 Å². The van der Waals surface area contributed by atoms with E-state index in [2.05, 4.69) is 10.0 Å². The Morgan fingerprint density at radius 3 is 2.68 bits per heavy atom. The number of hydrogen-bond acceptors (Lipinski definition) is 6. The average molecular weight is 448 g/mol. The van der Waals surface area contributed by atoms with Gasteiger partial charge in [-0.1, -0.05) is 18.0 Å². The summed E-state index contributed by atoms with van der Waals surface area (Å²) in [5, 5.41) is 4.17. The maximum Gasteiger partial charge on any atom is 0.340 e. The van der Waals surface area contributed by atoms with E-state index >= 15 is 0 Å². The van der Waals surface area contributed by atoms with Crippen molar-refractivity contribution in [3.8, 4) is 5.75 Å². The third-order valence-corrected chi connectivity index (χ3v) is 7.44. The highest BCUT2D eigenvalue weighted by atomic mass is 32.2. The number of ether oxygens (including phenoxy) is 1. The van der Waals surface area contributed by atoms with Gasteiger partial charge >= 0.3 is 7.60 Å². The molecule has 0 fully saturated rings. The molecule has 13 heteroatoms. The molecule has 0 unspecified atom stereocenters. The van der Waals surface area contributed by atoms with Gasteiger partial charge in [0, 0.05) is 16.2 Å². The normalized spacial score (nSPS) is 12.1. The molecule has 1 aromatic carbocycles. The largest absolute Gasteiger partial charge is 0.494 e. The van der Waals surface area contributed by atoms with Crippen molar-refractivity contribution >= 4 is 39.0 Å². The number of benzene rings is 1. The zero-order valence-corrected chi connectivity index (χ0v) is 17.4. The first-order valence-electron chi connectivity index (χ1n) is 8.43. The van der Waals surface area contributed by atoms with Gasteiger partial charge in [-0.2, -0.15) is 4.72 Å². The van der Waals surface area contributed by atoms with Crippen molar-refractivity contribution in [3.63, 3.8) is 0 Å². The van der Waals surface area contributed by atoms with E-state index in [-0.39, 0.29) is 4.21 Å². The van der Waals surface area contributed by atoms with Crippen LogP contribution >= 0.6 is 18.9 Å². The number of nitrogens with zero attached hydrogens (tertiary/aromatic N) is 3. The van der Waals surface area contributed by atoms with Gasteiger partial charge in [-0.05, 0) is 48.0 Å². The summed E-state index contributed by atoms with van der Waals surface area (Å²) in [5.74, 6) is 0.621. The topological polar surface area (TPSA) is 162 Å². The molecule has 0 saturated carbocycles. The quantitative estimate of drug-likeness (QED) is 0.148. The van der Waals surface area contributed by atoms with Gasteiger partial charge in [-0.3, -0.25) is 4.57 Å². The summed E-state index contributed by atoms with van der Waals surface area (Å²) in [6.07, 6.45) is 2.66. The van der Waals surface area contributed by atoms with Crippen LogP contribution in [0.4, 0.5) is 0 Å². The molecule has 0 spiro atoms. The highest BCUT2D eigenvalue weighted by Crippen LogP contribution is 2.35. The van der Waals surface area contributed by atoms with Crippen LogP contribution in [0.2, 0.25) is 0 Å². The third-order valence-electron chi connectivity index (χ3n) is 3.68. The van der Waals surface area contributed by atoms with E-state index in [9.17, 15) is 13.0 Å². The fourth-order valence-electron chi connectivity index (χ4n) is 2.32. The van der Waals surface area contributed by atoms with Crippen LogP contribution in [0.1, 0.15) is 25.7 Å². The first-order valence-corrected chi connectivity index (χ1v) is 12.5. The molecule has 2 rings (SSSR count). The maximum atomic E-state index is 12.2. The summed E-state index contributed by atoms with van der Waals surface area (Å²) < 4.78 is 43.5. The zero-order chi connectivity index (χ0) is 20.6. The Balaban J connectivity index is 1.91. The lowest BCUT2D eigenvalue weighted by Crippen LogP contribution is -2.23. The maximum absolute atomic E-state index is 12.2. The standard InChI is InChI=1S/C15H21N4O6PS2/c16-19-17-7-3-1-2-4-8-25-13-6-5-12-9-15(27-14(12)10-13)28(23,24)18-11-26(20,21)22/h5-6,9-10,18H,1-4,7-8,11H2,(H2,20,21,22). The van der Waals surface area contributed by atoms with Crippen molar-refractivity contribution in [3.05, 3.63) is 34.7 Å². The molecule has 3 N–H and O–H groups in total. The molecule has 0 amide bonds. The van der Waals surface area contributed by atoms with Crippen LogP contribution in [0, 0.1) is 0 Å². The van der Waals surface area contributed by atoms with Crippen molar-refractivity contribution in [2.45, 2.75) is 29.9 Å². The molecule has 0 aliphatic carbocycles. The molecule has 0 radical (unpaired) electrons. The van der Waals surface area contributed by atoms with E-state index in [1.54, 1.807) is 18.2 Å². The minimum Gasteiger partial charge on any atom is -0.494 e. The molecule has 0 aliphatic heterocycles. The summed E-state index contributed by atoms with van der Waals surface area (Å²) >= 11 is 1.00. The van der Waals surface area contributed by atoms with Gasteiger partial charge in [-0.25, -0.2) is 8.42 Å². The number of fused-ring (bicyclic) bond motifs is 1. The smallest absolute Gasteiger partial charge is 0.340 e. The Labute approximate surface area is 166 Å². The van der Waals surface area contributed by atoms with E-state index in [1.165, 1.54) is 6.07 Å². The summed E-state index contributed by atoms with van der Waals surface area (Å²) in [6.45, 7) is 1.02. The molecule has 0 bridgehead atoms. The Bertz CT molecular complexity index is 997. The van der Waals surface area contributed by atoms with Gasteiger partial charge in [0.15, 0.2) is 0 Å². The van der Waals surface area contributed by atoms with Gasteiger partial charge in [-0.15, -0.1) is 11.3 Å². The fraction of sp³-hybridized carbons (Fsp3) is 0.467. The number of unbranched alkanes of at least 4 members (excludes halogenated alkanes) is 3. The predicted molar refractivity (Wildman–Crippen MR) is 107 cm³/mol. The molecular weight excluding hydrogens is 427 g/mol. The first-order chi connectivity index (χ1) is 13.2. The highest BCUT2D eigenvalue weighted by molar-refractivity contribution is 7.92. The molecule has 0 aliphatic rings. The van der Waals surface area contributed by atoms with Gasteiger partial charge in [0.2, 0.25) is 0 Å². The molecule has 1 heterocycles. The van der Waals surface area contributed by atoms with Gasteiger partial charge in [0.05, 0.1) is 6.61 Å². The van der Waals surface area contributed by atoms with Crippen LogP contribution in [0.25, 0.3) is 20.5 Å². The minimum absolute atomic E-state index is 0.0203. The number of sulfonamides is 1. The van der Waals surface area contributed by atoms with Gasteiger partial charge < -0.3 is 14.5 Å². The molecule has 28 heavy (non-hydrogen) atoms. The SMILES string of the molecule is [N-]=[N+]=NCCCCCCOc1ccc2cc(S(=O)(=O)NCP(=O)(O)O)sc2c1. The summed E-state index contributed by atoms with van der Waals surface area (Å²) in [6, 6.07) is 6.68. The van der Waals surface area contributed by atoms with E-state index in [1.807, 2.05) is 4.72 Å². The number of hydrogen-bond donors (Lipinski definition) is 3. The van der Waals surface area contributed by atoms with E-state index in [0.717, 1.165) is 37.0 Å². The van der Waals surface area contributed by atoms with E-state index < -0.39 is 23.9 Å². The lowest BCUT2D eigenvalue weighted by molar-refractivity contribution is 0.305. The number of rotatable bonds is 12. The fourth-order valence-corrected chi connectivity index (χ4v) is 5.81. The average Bonchev–Trinajstić information content (AvgIpc) is 3.06. The predicted octanol–water partition coefficient (Wildman–Crippen LogP) is 3.56. The van der Waals surface area contributed by atoms with Gasteiger partial charge in [0.1, 0.15) is 16.2 Å². The highest BCUT2D eigenvalue weighted by Gasteiger charge is 2.22. The second kappa shape index (κ2) is 10.2. The lowest BCUT2D eigenvalue weighted by Gasteiger charge is -2.06. The van der Waals surface area contributed by atoms with Crippen LogP contribution in [0.3, 0.4) is 0 Å². The second-order valence-corrected chi connectivity index (χ2v) is 10.7. The Morgan fingerprint density at radius 1 is 1.21 bits per heavy atom. The number of azide groups is 1. The second-order valence-electron chi connectivity index (χ2n) is 5.95. The van der Waals surface area contributed by atoms with Crippen molar-refractivity contribution in [1.82, 2.24) is 4.72 Å². The molecule has 0 atom stereocenters. The lowest BCUT2D eigenvalue weighted by atomic mass is 10.2. The molecule has 1 aromatic heterocycles. The molecular formula is C15H21N4O6PS2. The molecule has 2 aromatic rings. The third kappa shape index (κ3) is 7.40.